The van der Waals surface area contributed by atoms with Gasteiger partial charge in [0.1, 0.15) is 48.8 Å². The first-order valence-corrected chi connectivity index (χ1v) is 20.6. The summed E-state index contributed by atoms with van der Waals surface area (Å²) in [6.45, 7) is 2.36. The molecule has 2 aliphatic rings. The van der Waals surface area contributed by atoms with Crippen molar-refractivity contribution in [3.8, 4) is 0 Å². The fourth-order valence-corrected chi connectivity index (χ4v) is 6.70. The zero-order chi connectivity index (χ0) is 39.7. The van der Waals surface area contributed by atoms with Crippen molar-refractivity contribution in [3.05, 3.63) is 24.3 Å². The summed E-state index contributed by atoms with van der Waals surface area (Å²) in [6.07, 6.45) is 11.4. The van der Waals surface area contributed by atoms with Gasteiger partial charge in [-0.2, -0.15) is 0 Å². The second kappa shape index (κ2) is 28.8. The minimum atomic E-state index is -1.78. The maximum absolute atomic E-state index is 12.5. The Morgan fingerprint density at radius 3 is 1.78 bits per heavy atom. The number of rotatable bonds is 29. The Hall–Kier alpha value is -1.53. The summed E-state index contributed by atoms with van der Waals surface area (Å²) in [5.41, 5.74) is 0. The van der Waals surface area contributed by atoms with Crippen molar-refractivity contribution >= 4 is 5.91 Å². The third kappa shape index (κ3) is 17.7. The van der Waals surface area contributed by atoms with E-state index in [-0.39, 0.29) is 18.9 Å². The lowest BCUT2D eigenvalue weighted by atomic mass is 9.97. The summed E-state index contributed by atoms with van der Waals surface area (Å²) in [4.78, 5) is 12.5. The van der Waals surface area contributed by atoms with Gasteiger partial charge < -0.3 is 65.1 Å². The summed E-state index contributed by atoms with van der Waals surface area (Å²) < 4.78 is 22.3. The van der Waals surface area contributed by atoms with Gasteiger partial charge in [0.2, 0.25) is 5.91 Å². The molecule has 2 rings (SSSR count). The predicted octanol–water partition coefficient (Wildman–Crippen LogP) is 2.65. The highest BCUT2D eigenvalue weighted by Crippen LogP contribution is 2.29. The highest BCUT2D eigenvalue weighted by Gasteiger charge is 2.50. The first-order valence-electron chi connectivity index (χ1n) is 20.6. The lowest BCUT2D eigenvalue weighted by molar-refractivity contribution is -0.359. The van der Waals surface area contributed by atoms with E-state index in [1.165, 1.54) is 83.5 Å². The van der Waals surface area contributed by atoms with E-state index in [1.54, 1.807) is 6.08 Å². The Labute approximate surface area is 322 Å². The second-order valence-corrected chi connectivity index (χ2v) is 14.8. The Kier molecular flexibility index (Phi) is 25.9. The molecule has 0 aromatic carbocycles. The van der Waals surface area contributed by atoms with Crippen molar-refractivity contribution in [2.45, 2.75) is 203 Å². The number of carbonyl (C=O) groups excluding carboxylic acids is 1. The Balaban J connectivity index is 1.77. The number of aliphatic hydroxyl groups is 8. The van der Waals surface area contributed by atoms with Gasteiger partial charge in [-0.25, -0.2) is 0 Å². The van der Waals surface area contributed by atoms with E-state index in [4.69, 9.17) is 18.9 Å². The molecule has 12 unspecified atom stereocenters. The van der Waals surface area contributed by atoms with Crippen molar-refractivity contribution in [1.82, 2.24) is 5.32 Å². The maximum atomic E-state index is 12.5. The van der Waals surface area contributed by atoms with E-state index in [1.807, 2.05) is 13.0 Å². The monoisotopic (exact) mass is 776 g/mol. The number of aliphatic hydroxyl groups excluding tert-OH is 8. The zero-order valence-corrected chi connectivity index (χ0v) is 32.7. The fraction of sp³-hybridized carbons (Fsp3) is 0.875. The molecule has 2 saturated heterocycles. The molecule has 14 nitrogen and oxygen atoms in total. The molecule has 54 heavy (non-hydrogen) atoms. The molecule has 12 atom stereocenters. The molecule has 2 heterocycles. The number of ether oxygens (including phenoxy) is 4. The van der Waals surface area contributed by atoms with E-state index in [0.29, 0.717) is 12.8 Å². The first kappa shape index (κ1) is 48.6. The summed E-state index contributed by atoms with van der Waals surface area (Å²) in [5, 5.41) is 85.3. The van der Waals surface area contributed by atoms with Gasteiger partial charge in [0.05, 0.1) is 32.0 Å². The molecule has 2 fully saturated rings. The predicted molar refractivity (Wildman–Crippen MR) is 203 cm³/mol. The van der Waals surface area contributed by atoms with Crippen LogP contribution in [-0.4, -0.2) is 140 Å². The maximum Gasteiger partial charge on any atom is 0.220 e. The Morgan fingerprint density at radius 1 is 0.648 bits per heavy atom. The molecule has 0 saturated carbocycles. The standard InChI is InChI=1S/C40H73NO13/c1-3-5-6-7-8-9-10-11-12-13-14-15-16-17-18-19-20-21-22-24-29(44)28(41-32(45)23-4-2)27-51-39-37(50)35(48)38(31(26-43)53-39)54-40-36(49)34(47)33(46)30(25-42)52-40/h18-19,22,24,28-31,33-40,42-44,46-50H,3-17,20-21,23,25-27H2,1-2H3,(H,41,45)/b19-18+,24-22+. The van der Waals surface area contributed by atoms with Crippen LogP contribution >= 0.6 is 0 Å². The van der Waals surface area contributed by atoms with Crippen molar-refractivity contribution in [2.24, 2.45) is 0 Å². The van der Waals surface area contributed by atoms with Crippen molar-refractivity contribution in [3.63, 3.8) is 0 Å². The average Bonchev–Trinajstić information content (AvgIpc) is 3.16. The van der Waals surface area contributed by atoms with Gasteiger partial charge >= 0.3 is 0 Å². The smallest absolute Gasteiger partial charge is 0.220 e. The molecular weight excluding hydrogens is 702 g/mol. The van der Waals surface area contributed by atoms with Gasteiger partial charge in [0, 0.05) is 6.42 Å². The number of hydrogen-bond donors (Lipinski definition) is 9. The normalized spacial score (nSPS) is 30.3. The van der Waals surface area contributed by atoms with E-state index in [0.717, 1.165) is 12.8 Å². The van der Waals surface area contributed by atoms with Crippen LogP contribution in [0.2, 0.25) is 0 Å². The molecule has 2 aliphatic heterocycles. The Bertz CT molecular complexity index is 1010. The molecule has 0 bridgehead atoms. The molecule has 0 aromatic heterocycles. The van der Waals surface area contributed by atoms with Crippen LogP contribution in [0.4, 0.5) is 0 Å². The van der Waals surface area contributed by atoms with Crippen LogP contribution < -0.4 is 5.32 Å². The quantitative estimate of drug-likeness (QED) is 0.0394. The summed E-state index contributed by atoms with van der Waals surface area (Å²) in [7, 11) is 0. The van der Waals surface area contributed by atoms with Crippen LogP contribution in [0.25, 0.3) is 0 Å². The van der Waals surface area contributed by atoms with Gasteiger partial charge in [-0.05, 0) is 32.1 Å². The number of amides is 1. The largest absolute Gasteiger partial charge is 0.394 e. The number of hydrogen-bond acceptors (Lipinski definition) is 13. The third-order valence-corrected chi connectivity index (χ3v) is 10.1. The topological polar surface area (TPSA) is 228 Å². The zero-order valence-electron chi connectivity index (χ0n) is 32.7. The van der Waals surface area contributed by atoms with Crippen LogP contribution in [0.5, 0.6) is 0 Å². The highest BCUT2D eigenvalue weighted by atomic mass is 16.7. The number of allylic oxidation sites excluding steroid dienone is 3. The lowest BCUT2D eigenvalue weighted by Crippen LogP contribution is -2.65. The SMILES string of the molecule is CCCCCCCCCCCCCCC/C=C/CC/C=C/C(O)C(COC1OC(CO)C(OC2OC(CO)C(O)C(O)C2O)C(O)C1O)NC(=O)CCC. The van der Waals surface area contributed by atoms with Crippen LogP contribution in [0.1, 0.15) is 129 Å². The lowest BCUT2D eigenvalue weighted by Gasteiger charge is -2.46. The molecule has 0 aliphatic carbocycles. The molecular formula is C40H73NO13. The van der Waals surface area contributed by atoms with Crippen molar-refractivity contribution in [1.29, 1.82) is 0 Å². The molecule has 316 valence electrons. The fourth-order valence-electron chi connectivity index (χ4n) is 6.70. The van der Waals surface area contributed by atoms with Crippen molar-refractivity contribution in [2.75, 3.05) is 19.8 Å². The second-order valence-electron chi connectivity index (χ2n) is 14.8. The molecule has 0 aromatic rings. The van der Waals surface area contributed by atoms with E-state index in [9.17, 15) is 45.6 Å². The van der Waals surface area contributed by atoms with E-state index >= 15 is 0 Å². The van der Waals surface area contributed by atoms with Gasteiger partial charge in [-0.3, -0.25) is 4.79 Å². The minimum Gasteiger partial charge on any atom is -0.394 e. The van der Waals surface area contributed by atoms with E-state index < -0.39 is 86.8 Å². The molecule has 9 N–H and O–H groups in total. The summed E-state index contributed by atoms with van der Waals surface area (Å²) >= 11 is 0. The number of unbranched alkanes of at least 4 members (excludes halogenated alkanes) is 14. The molecule has 14 heteroatoms. The van der Waals surface area contributed by atoms with Crippen LogP contribution in [-0.2, 0) is 23.7 Å². The van der Waals surface area contributed by atoms with Gasteiger partial charge in [-0.15, -0.1) is 0 Å². The van der Waals surface area contributed by atoms with Crippen LogP contribution in [0.3, 0.4) is 0 Å². The van der Waals surface area contributed by atoms with Crippen LogP contribution in [0, 0.1) is 0 Å². The summed E-state index contributed by atoms with van der Waals surface area (Å²) in [5.74, 6) is -0.305. The highest BCUT2D eigenvalue weighted by molar-refractivity contribution is 5.76. The number of carbonyl (C=O) groups is 1. The van der Waals surface area contributed by atoms with Crippen molar-refractivity contribution < 1.29 is 64.6 Å². The van der Waals surface area contributed by atoms with E-state index in [2.05, 4.69) is 24.4 Å². The van der Waals surface area contributed by atoms with Gasteiger partial charge in [-0.1, -0.05) is 115 Å². The first-order chi connectivity index (χ1) is 26.1. The average molecular weight is 776 g/mol. The number of nitrogens with one attached hydrogen (secondary N) is 1. The minimum absolute atomic E-state index is 0.224. The molecule has 0 spiro atoms. The molecule has 0 radical (unpaired) electrons. The third-order valence-electron chi connectivity index (χ3n) is 10.1. The van der Waals surface area contributed by atoms with Gasteiger partial charge in [0.15, 0.2) is 12.6 Å². The molecule has 1 amide bonds. The van der Waals surface area contributed by atoms with Gasteiger partial charge in [0.25, 0.3) is 0 Å². The van der Waals surface area contributed by atoms with Crippen LogP contribution in [0.15, 0.2) is 24.3 Å². The summed E-state index contributed by atoms with van der Waals surface area (Å²) in [6, 6.07) is -0.921. The Morgan fingerprint density at radius 2 is 1.19 bits per heavy atom.